The molecule has 0 radical (unpaired) electrons. The van der Waals surface area contributed by atoms with Gasteiger partial charge in [0.15, 0.2) is 5.17 Å². The molecule has 0 amide bonds. The number of nitrogens with zero attached hydrogens (tertiary/aromatic N) is 1. The zero-order valence-electron chi connectivity index (χ0n) is 8.66. The lowest BCUT2D eigenvalue weighted by Gasteiger charge is -2.27. The van der Waals surface area contributed by atoms with Crippen molar-refractivity contribution in [3.63, 3.8) is 0 Å². The van der Waals surface area contributed by atoms with E-state index >= 15 is 0 Å². The van der Waals surface area contributed by atoms with E-state index < -0.39 is 0 Å². The lowest BCUT2D eigenvalue weighted by molar-refractivity contribution is 0.490. The highest BCUT2D eigenvalue weighted by Crippen LogP contribution is 2.32. The molecule has 0 bridgehead atoms. The molecule has 1 saturated heterocycles. The Kier molecular flexibility index (Phi) is 4.05. The standard InChI is InChI=1S/C10H18N2S2/c1-13-6-5-11-10-12-9-4-2-3-8(9)7-14-10/h8-9H,2-7H2,1H3,(H,11,12). The molecular weight excluding hydrogens is 212 g/mol. The van der Waals surface area contributed by atoms with Crippen molar-refractivity contribution in [2.45, 2.75) is 25.3 Å². The van der Waals surface area contributed by atoms with Crippen LogP contribution in [-0.4, -0.2) is 35.5 Å². The van der Waals surface area contributed by atoms with Gasteiger partial charge < -0.3 is 5.32 Å². The first-order chi connectivity index (χ1) is 6.90. The number of hydrogen-bond donors (Lipinski definition) is 1. The van der Waals surface area contributed by atoms with E-state index in [2.05, 4.69) is 16.6 Å². The summed E-state index contributed by atoms with van der Waals surface area (Å²) in [5.74, 6) is 3.34. The van der Waals surface area contributed by atoms with Gasteiger partial charge in [-0.1, -0.05) is 18.2 Å². The Labute approximate surface area is 94.7 Å². The van der Waals surface area contributed by atoms with Crippen molar-refractivity contribution < 1.29 is 0 Å². The maximum Gasteiger partial charge on any atom is 0.156 e. The van der Waals surface area contributed by atoms with Crippen LogP contribution >= 0.6 is 23.5 Å². The summed E-state index contributed by atoms with van der Waals surface area (Å²) in [6, 6.07) is 0.740. The first-order valence-electron chi connectivity index (χ1n) is 5.33. The van der Waals surface area contributed by atoms with Crippen molar-refractivity contribution in [2.24, 2.45) is 10.9 Å². The lowest BCUT2D eigenvalue weighted by Crippen LogP contribution is -2.41. The van der Waals surface area contributed by atoms with Gasteiger partial charge in [0.25, 0.3) is 0 Å². The Morgan fingerprint density at radius 2 is 2.50 bits per heavy atom. The molecule has 4 heteroatoms. The van der Waals surface area contributed by atoms with Crippen LogP contribution in [0.1, 0.15) is 19.3 Å². The highest BCUT2D eigenvalue weighted by atomic mass is 32.2. The number of fused-ring (bicyclic) bond motifs is 1. The average molecular weight is 230 g/mol. The summed E-state index contributed by atoms with van der Waals surface area (Å²) >= 11 is 3.79. The molecule has 2 nitrogen and oxygen atoms in total. The molecule has 2 rings (SSSR count). The second-order valence-corrected chi connectivity index (χ2v) is 5.93. The number of rotatable bonds is 3. The second kappa shape index (κ2) is 5.31. The van der Waals surface area contributed by atoms with Crippen LogP contribution in [0.2, 0.25) is 0 Å². The van der Waals surface area contributed by atoms with E-state index in [4.69, 9.17) is 0 Å². The van der Waals surface area contributed by atoms with Crippen LogP contribution in [0.25, 0.3) is 0 Å². The summed E-state index contributed by atoms with van der Waals surface area (Å²) < 4.78 is 0. The summed E-state index contributed by atoms with van der Waals surface area (Å²) in [6.45, 7) is 0.966. The van der Waals surface area contributed by atoms with Gasteiger partial charge in [0, 0.05) is 17.5 Å². The third kappa shape index (κ3) is 2.60. The fraction of sp³-hybridized carbons (Fsp3) is 0.900. The number of amidine groups is 1. The monoisotopic (exact) mass is 230 g/mol. The zero-order chi connectivity index (χ0) is 9.80. The molecule has 1 aliphatic heterocycles. The fourth-order valence-corrected chi connectivity index (χ4v) is 3.60. The maximum atomic E-state index is 4.58. The number of thioether (sulfide) groups is 2. The molecular formula is C10H18N2S2. The molecule has 1 N–H and O–H groups in total. The van der Waals surface area contributed by atoms with Gasteiger partial charge in [-0.15, -0.1) is 0 Å². The highest BCUT2D eigenvalue weighted by Gasteiger charge is 2.31. The minimum absolute atomic E-state index is 0.740. The number of hydrogen-bond acceptors (Lipinski definition) is 3. The van der Waals surface area contributed by atoms with E-state index in [0.29, 0.717) is 0 Å². The Morgan fingerprint density at radius 3 is 3.36 bits per heavy atom. The van der Waals surface area contributed by atoms with Gasteiger partial charge in [-0.25, -0.2) is 0 Å². The van der Waals surface area contributed by atoms with Gasteiger partial charge in [0.2, 0.25) is 0 Å². The number of aliphatic imine (C=N–C) groups is 1. The first-order valence-corrected chi connectivity index (χ1v) is 7.71. The van der Waals surface area contributed by atoms with Gasteiger partial charge in [-0.2, -0.15) is 11.8 Å². The second-order valence-electron chi connectivity index (χ2n) is 3.93. The van der Waals surface area contributed by atoms with E-state index in [9.17, 15) is 0 Å². The summed E-state index contributed by atoms with van der Waals surface area (Å²) in [5.41, 5.74) is 0. The average Bonchev–Trinajstić information content (AvgIpc) is 2.65. The first kappa shape index (κ1) is 10.7. The lowest BCUT2D eigenvalue weighted by atomic mass is 10.1. The predicted molar refractivity (Wildman–Crippen MR) is 67.4 cm³/mol. The molecule has 14 heavy (non-hydrogen) atoms. The Hall–Kier alpha value is 0.170. The third-order valence-corrected chi connectivity index (χ3v) is 4.66. The van der Waals surface area contributed by atoms with Gasteiger partial charge in [-0.3, -0.25) is 4.99 Å². The largest absolute Gasteiger partial charge is 0.362 e. The van der Waals surface area contributed by atoms with Crippen LogP contribution in [0.15, 0.2) is 4.99 Å². The van der Waals surface area contributed by atoms with Crippen LogP contribution in [0.3, 0.4) is 0 Å². The predicted octanol–water partition coefficient (Wildman–Crippen LogP) is 2.21. The SMILES string of the molecule is CSCCN=C1NC2CCCC2CS1. The van der Waals surface area contributed by atoms with Gasteiger partial charge in [0.05, 0.1) is 6.54 Å². The van der Waals surface area contributed by atoms with E-state index in [1.165, 1.54) is 30.2 Å². The van der Waals surface area contributed by atoms with Crippen molar-refractivity contribution in [2.75, 3.05) is 24.3 Å². The topological polar surface area (TPSA) is 24.4 Å². The molecule has 80 valence electrons. The van der Waals surface area contributed by atoms with Crippen molar-refractivity contribution in [1.82, 2.24) is 5.32 Å². The summed E-state index contributed by atoms with van der Waals surface area (Å²) in [4.78, 5) is 4.58. The molecule has 0 aromatic carbocycles. The van der Waals surface area contributed by atoms with Gasteiger partial charge in [0.1, 0.15) is 0 Å². The Morgan fingerprint density at radius 1 is 1.57 bits per heavy atom. The van der Waals surface area contributed by atoms with E-state index in [0.717, 1.165) is 24.3 Å². The highest BCUT2D eigenvalue weighted by molar-refractivity contribution is 8.13. The fourth-order valence-electron chi connectivity index (χ4n) is 2.14. The van der Waals surface area contributed by atoms with Crippen LogP contribution in [0.4, 0.5) is 0 Å². The summed E-state index contributed by atoms with van der Waals surface area (Å²) in [7, 11) is 0. The third-order valence-electron chi connectivity index (χ3n) is 2.95. The van der Waals surface area contributed by atoms with Crippen LogP contribution in [0, 0.1) is 5.92 Å². The smallest absolute Gasteiger partial charge is 0.156 e. The summed E-state index contributed by atoms with van der Waals surface area (Å²) in [5, 5.41) is 4.77. The van der Waals surface area contributed by atoms with Crippen molar-refractivity contribution in [1.29, 1.82) is 0 Å². The molecule has 1 saturated carbocycles. The van der Waals surface area contributed by atoms with Crippen molar-refractivity contribution in [3.8, 4) is 0 Å². The summed E-state index contributed by atoms with van der Waals surface area (Å²) in [6.07, 6.45) is 6.31. The molecule has 1 heterocycles. The molecule has 0 aromatic heterocycles. The molecule has 0 aromatic rings. The molecule has 2 fully saturated rings. The van der Waals surface area contributed by atoms with Crippen LogP contribution < -0.4 is 5.32 Å². The van der Waals surface area contributed by atoms with Gasteiger partial charge >= 0.3 is 0 Å². The molecule has 2 unspecified atom stereocenters. The van der Waals surface area contributed by atoms with E-state index in [1.54, 1.807) is 0 Å². The van der Waals surface area contributed by atoms with Crippen LogP contribution in [-0.2, 0) is 0 Å². The molecule has 2 atom stereocenters. The van der Waals surface area contributed by atoms with Crippen molar-refractivity contribution >= 4 is 28.7 Å². The molecule has 2 aliphatic rings. The number of nitrogens with one attached hydrogen (secondary N) is 1. The maximum absolute atomic E-state index is 4.58. The molecule has 1 aliphatic carbocycles. The minimum atomic E-state index is 0.740. The Bertz CT molecular complexity index is 218. The Balaban J connectivity index is 1.81. The normalized spacial score (nSPS) is 34.2. The van der Waals surface area contributed by atoms with Gasteiger partial charge in [-0.05, 0) is 25.0 Å². The van der Waals surface area contributed by atoms with Crippen molar-refractivity contribution in [3.05, 3.63) is 0 Å². The van der Waals surface area contributed by atoms with Crippen LogP contribution in [0.5, 0.6) is 0 Å². The van der Waals surface area contributed by atoms with E-state index in [1.807, 2.05) is 23.5 Å². The quantitative estimate of drug-likeness (QED) is 0.752. The minimum Gasteiger partial charge on any atom is -0.362 e. The molecule has 0 spiro atoms. The zero-order valence-corrected chi connectivity index (χ0v) is 10.3. The van der Waals surface area contributed by atoms with E-state index in [-0.39, 0.29) is 0 Å².